The first kappa shape index (κ1) is 18.6. The number of benzene rings is 1. The normalized spacial score (nSPS) is 14.6. The molecule has 0 unspecified atom stereocenters. The highest BCUT2D eigenvalue weighted by Gasteiger charge is 2.31. The molecule has 0 fully saturated rings. The zero-order chi connectivity index (χ0) is 18.8. The van der Waals surface area contributed by atoms with Crippen LogP contribution in [0.25, 0.3) is 0 Å². The summed E-state index contributed by atoms with van der Waals surface area (Å²) < 4.78 is 5.03. The fourth-order valence-electron chi connectivity index (χ4n) is 2.58. The molecular weight excluding hydrogens is 328 g/mol. The Balaban J connectivity index is 2.05. The maximum atomic E-state index is 12.5. The van der Waals surface area contributed by atoms with Crippen LogP contribution in [0.15, 0.2) is 18.2 Å². The van der Waals surface area contributed by atoms with E-state index in [2.05, 4.69) is 5.32 Å². The van der Waals surface area contributed by atoms with E-state index in [1.165, 1.54) is 11.0 Å². The van der Waals surface area contributed by atoms with Crippen LogP contribution in [-0.4, -0.2) is 46.4 Å². The van der Waals surface area contributed by atoms with Crippen molar-refractivity contribution in [2.24, 2.45) is 0 Å². The van der Waals surface area contributed by atoms with Crippen LogP contribution in [-0.2, 0) is 20.7 Å². The smallest absolute Gasteiger partial charge is 0.408 e. The number of nitrogens with one attached hydrogen (secondary N) is 1. The van der Waals surface area contributed by atoms with E-state index < -0.39 is 36.0 Å². The van der Waals surface area contributed by atoms with Gasteiger partial charge in [-0.25, -0.2) is 9.59 Å². The molecule has 0 bridgehead atoms. The number of fused-ring (bicyclic) bond motifs is 1. The highest BCUT2D eigenvalue weighted by Crippen LogP contribution is 2.31. The van der Waals surface area contributed by atoms with Gasteiger partial charge in [0.1, 0.15) is 17.4 Å². The van der Waals surface area contributed by atoms with Crippen molar-refractivity contribution in [2.45, 2.75) is 45.3 Å². The molecule has 1 aliphatic heterocycles. The van der Waals surface area contributed by atoms with Gasteiger partial charge in [-0.05, 0) is 51.0 Å². The molecule has 8 heteroatoms. The third kappa shape index (κ3) is 4.85. The number of hydrogen-bond acceptors (Lipinski definition) is 5. The summed E-state index contributed by atoms with van der Waals surface area (Å²) in [7, 11) is 0. The lowest BCUT2D eigenvalue weighted by atomic mass is 10.1. The molecule has 1 heterocycles. The van der Waals surface area contributed by atoms with Crippen molar-refractivity contribution >= 4 is 23.7 Å². The van der Waals surface area contributed by atoms with Crippen molar-refractivity contribution < 1.29 is 29.3 Å². The van der Waals surface area contributed by atoms with Crippen molar-refractivity contribution in [3.8, 4) is 5.75 Å². The fourth-order valence-corrected chi connectivity index (χ4v) is 2.58. The fraction of sp³-hybridized carbons (Fsp3) is 0.471. The molecular formula is C17H22N2O6. The number of carbonyl (C=O) groups excluding carboxylic acids is 2. The molecule has 1 atom stereocenters. The molecule has 2 rings (SSSR count). The van der Waals surface area contributed by atoms with E-state index in [9.17, 15) is 24.6 Å². The van der Waals surface area contributed by atoms with Gasteiger partial charge in [-0.15, -0.1) is 0 Å². The van der Waals surface area contributed by atoms with Crippen molar-refractivity contribution in [1.82, 2.24) is 5.32 Å². The van der Waals surface area contributed by atoms with E-state index in [0.29, 0.717) is 18.7 Å². The second-order valence-electron chi connectivity index (χ2n) is 6.85. The molecule has 1 aromatic rings. The van der Waals surface area contributed by atoms with Crippen LogP contribution in [0, 0.1) is 0 Å². The minimum absolute atomic E-state index is 0.114. The maximum absolute atomic E-state index is 12.5. The van der Waals surface area contributed by atoms with Gasteiger partial charge in [-0.1, -0.05) is 0 Å². The van der Waals surface area contributed by atoms with Crippen molar-refractivity contribution in [1.29, 1.82) is 0 Å². The molecule has 0 saturated carbocycles. The molecule has 136 valence electrons. The number of anilines is 1. The Bertz CT molecular complexity index is 695. The van der Waals surface area contributed by atoms with Gasteiger partial charge in [-0.2, -0.15) is 0 Å². The van der Waals surface area contributed by atoms with Gasteiger partial charge in [0.2, 0.25) is 5.91 Å². The predicted octanol–water partition coefficient (Wildman–Crippen LogP) is 1.65. The monoisotopic (exact) mass is 350 g/mol. The molecule has 2 amide bonds. The number of ether oxygens (including phenoxy) is 1. The second-order valence-corrected chi connectivity index (χ2v) is 6.85. The number of rotatable bonds is 4. The van der Waals surface area contributed by atoms with E-state index in [0.717, 1.165) is 5.56 Å². The molecule has 0 spiro atoms. The van der Waals surface area contributed by atoms with Crippen LogP contribution in [0.5, 0.6) is 5.75 Å². The number of carboxylic acids is 1. The summed E-state index contributed by atoms with van der Waals surface area (Å²) in [5, 5.41) is 21.0. The highest BCUT2D eigenvalue weighted by molar-refractivity contribution is 5.98. The largest absolute Gasteiger partial charge is 0.508 e. The van der Waals surface area contributed by atoms with Crippen LogP contribution < -0.4 is 10.2 Å². The van der Waals surface area contributed by atoms with Crippen LogP contribution >= 0.6 is 0 Å². The number of aromatic hydroxyl groups is 1. The van der Waals surface area contributed by atoms with Crippen LogP contribution in [0.2, 0.25) is 0 Å². The lowest BCUT2D eigenvalue weighted by molar-refractivity contribution is -0.141. The Kier molecular flexibility index (Phi) is 5.20. The zero-order valence-corrected chi connectivity index (χ0v) is 14.4. The predicted molar refractivity (Wildman–Crippen MR) is 89.6 cm³/mol. The van der Waals surface area contributed by atoms with Gasteiger partial charge >= 0.3 is 12.1 Å². The zero-order valence-electron chi connectivity index (χ0n) is 14.4. The van der Waals surface area contributed by atoms with Crippen LogP contribution in [0.4, 0.5) is 10.5 Å². The van der Waals surface area contributed by atoms with Gasteiger partial charge in [-0.3, -0.25) is 4.79 Å². The first-order valence-corrected chi connectivity index (χ1v) is 7.91. The summed E-state index contributed by atoms with van der Waals surface area (Å²) in [6.45, 7) is 5.37. The Labute approximate surface area is 145 Å². The Morgan fingerprint density at radius 3 is 2.60 bits per heavy atom. The minimum atomic E-state index is -1.39. The third-order valence-electron chi connectivity index (χ3n) is 3.63. The van der Waals surface area contributed by atoms with Gasteiger partial charge in [0.05, 0.1) is 6.42 Å². The number of phenols is 1. The number of aliphatic carboxylic acids is 1. The molecule has 25 heavy (non-hydrogen) atoms. The Morgan fingerprint density at radius 2 is 2.00 bits per heavy atom. The second kappa shape index (κ2) is 7.00. The summed E-state index contributed by atoms with van der Waals surface area (Å²) in [6, 6.07) is 3.28. The van der Waals surface area contributed by atoms with E-state index in [1.807, 2.05) is 0 Å². The van der Waals surface area contributed by atoms with Crippen molar-refractivity contribution in [3.05, 3.63) is 23.8 Å². The van der Waals surface area contributed by atoms with Gasteiger partial charge in [0.15, 0.2) is 0 Å². The quantitative estimate of drug-likeness (QED) is 0.760. The number of alkyl carbamates (subject to hydrolysis) is 1. The molecule has 8 nitrogen and oxygen atoms in total. The Hall–Kier alpha value is -2.77. The molecule has 0 saturated heterocycles. The third-order valence-corrected chi connectivity index (χ3v) is 3.63. The van der Waals surface area contributed by atoms with Crippen LogP contribution in [0.1, 0.15) is 32.8 Å². The standard InChI is InChI=1S/C17H22N2O6/c1-17(2,3)25-16(24)18-12(15(22)23)9-14(21)19-7-6-10-8-11(20)4-5-13(10)19/h4-5,8,12,20H,6-7,9H2,1-3H3,(H,18,24)(H,22,23)/t12-/m1/s1. The van der Waals surface area contributed by atoms with E-state index in [4.69, 9.17) is 4.74 Å². The maximum Gasteiger partial charge on any atom is 0.408 e. The molecule has 0 aliphatic carbocycles. The first-order chi connectivity index (χ1) is 11.6. The van der Waals surface area contributed by atoms with Gasteiger partial charge in [0.25, 0.3) is 0 Å². The number of phenolic OH excluding ortho intramolecular Hbond substituents is 1. The van der Waals surface area contributed by atoms with E-state index in [-0.39, 0.29) is 5.75 Å². The average Bonchev–Trinajstić information content (AvgIpc) is 2.87. The minimum Gasteiger partial charge on any atom is -0.508 e. The van der Waals surface area contributed by atoms with Gasteiger partial charge in [0, 0.05) is 12.2 Å². The molecule has 1 aliphatic rings. The number of amides is 2. The summed E-state index contributed by atoms with van der Waals surface area (Å²) in [5.74, 6) is -1.62. The number of hydrogen-bond donors (Lipinski definition) is 3. The van der Waals surface area contributed by atoms with Crippen molar-refractivity contribution in [3.63, 3.8) is 0 Å². The van der Waals surface area contributed by atoms with E-state index >= 15 is 0 Å². The molecule has 3 N–H and O–H groups in total. The number of carbonyl (C=O) groups is 3. The summed E-state index contributed by atoms with van der Waals surface area (Å²) in [5.41, 5.74) is 0.692. The molecule has 0 radical (unpaired) electrons. The summed E-state index contributed by atoms with van der Waals surface area (Å²) >= 11 is 0. The average molecular weight is 350 g/mol. The van der Waals surface area contributed by atoms with E-state index in [1.54, 1.807) is 32.9 Å². The SMILES string of the molecule is CC(C)(C)OC(=O)N[C@H](CC(=O)N1CCc2cc(O)ccc21)C(=O)O. The summed E-state index contributed by atoms with van der Waals surface area (Å²) in [4.78, 5) is 37.1. The Morgan fingerprint density at radius 1 is 1.32 bits per heavy atom. The number of carboxylic acid groups (broad SMARTS) is 1. The lowest BCUT2D eigenvalue weighted by Crippen LogP contribution is -2.46. The highest BCUT2D eigenvalue weighted by atomic mass is 16.6. The number of nitrogens with zero attached hydrogens (tertiary/aromatic N) is 1. The topological polar surface area (TPSA) is 116 Å². The first-order valence-electron chi connectivity index (χ1n) is 7.91. The summed E-state index contributed by atoms with van der Waals surface area (Å²) in [6.07, 6.45) is -0.707. The van der Waals surface area contributed by atoms with Gasteiger partial charge < -0.3 is 25.2 Å². The van der Waals surface area contributed by atoms with Crippen molar-refractivity contribution in [2.75, 3.05) is 11.4 Å². The lowest BCUT2D eigenvalue weighted by Gasteiger charge is -2.23. The molecule has 0 aromatic heterocycles. The molecule has 1 aromatic carbocycles. The van der Waals surface area contributed by atoms with Crippen LogP contribution in [0.3, 0.4) is 0 Å².